The molecule has 0 aliphatic rings. The molecule has 1 amide bonds. The van der Waals surface area contributed by atoms with E-state index < -0.39 is 15.9 Å². The monoisotopic (exact) mass is 381 g/mol. The lowest BCUT2D eigenvalue weighted by atomic mass is 10.2. The first-order valence-electron chi connectivity index (χ1n) is 6.81. The minimum atomic E-state index is -3.67. The minimum absolute atomic E-state index is 0.0381. The second-order valence-electron chi connectivity index (χ2n) is 4.79. The average molecular weight is 382 g/mol. The zero-order valence-corrected chi connectivity index (χ0v) is 14.8. The zero-order valence-electron chi connectivity index (χ0n) is 12.4. The van der Waals surface area contributed by atoms with Gasteiger partial charge >= 0.3 is 0 Å². The van der Waals surface area contributed by atoms with Crippen molar-refractivity contribution in [3.8, 4) is 0 Å². The molecule has 9 heteroatoms. The molecule has 1 heterocycles. The predicted molar refractivity (Wildman–Crippen MR) is 95.3 cm³/mol. The van der Waals surface area contributed by atoms with Crippen LogP contribution in [0, 0.1) is 0 Å². The smallest absolute Gasteiger partial charge is 0.259 e. The maximum atomic E-state index is 12.4. The lowest BCUT2D eigenvalue weighted by molar-refractivity contribution is 0.102. The summed E-state index contributed by atoms with van der Waals surface area (Å²) in [5.41, 5.74) is 0.836. The van der Waals surface area contributed by atoms with Gasteiger partial charge in [-0.1, -0.05) is 35.1 Å². The molecule has 0 unspecified atom stereocenters. The Morgan fingerprint density at radius 3 is 2.67 bits per heavy atom. The van der Waals surface area contributed by atoms with Crippen LogP contribution in [0.3, 0.4) is 0 Å². The first-order valence-corrected chi connectivity index (χ1v) is 9.48. The number of carbonyl (C=O) groups is 1. The molecule has 2 N–H and O–H groups in total. The lowest BCUT2D eigenvalue weighted by Gasteiger charge is -2.07. The average Bonchev–Trinajstić information content (AvgIpc) is 2.97. The van der Waals surface area contributed by atoms with Gasteiger partial charge in [0.15, 0.2) is 5.13 Å². The Hall–Kier alpha value is -2.00. The number of sulfonamides is 1. The molecule has 0 fully saturated rings. The SMILES string of the molecule is CNS(=O)(=O)c1ccc(Cl)c(C(=O)Nc2nc3ccccc3s2)c1. The number of anilines is 1. The van der Waals surface area contributed by atoms with Crippen molar-refractivity contribution in [1.29, 1.82) is 0 Å². The molecule has 0 radical (unpaired) electrons. The number of carbonyl (C=O) groups excluding carboxylic acids is 1. The summed E-state index contributed by atoms with van der Waals surface area (Å²) in [6.07, 6.45) is 0. The van der Waals surface area contributed by atoms with E-state index in [1.54, 1.807) is 0 Å². The Kier molecular flexibility index (Phi) is 4.55. The van der Waals surface area contributed by atoms with E-state index in [2.05, 4.69) is 15.0 Å². The lowest BCUT2D eigenvalue weighted by Crippen LogP contribution is -2.20. The van der Waals surface area contributed by atoms with Crippen LogP contribution in [0.25, 0.3) is 10.2 Å². The zero-order chi connectivity index (χ0) is 17.3. The molecule has 0 spiro atoms. The Morgan fingerprint density at radius 2 is 1.96 bits per heavy atom. The van der Waals surface area contributed by atoms with E-state index in [1.807, 2.05) is 24.3 Å². The number of para-hydroxylation sites is 1. The van der Waals surface area contributed by atoms with Crippen LogP contribution >= 0.6 is 22.9 Å². The summed E-state index contributed by atoms with van der Waals surface area (Å²) in [5, 5.41) is 3.23. The third kappa shape index (κ3) is 3.27. The van der Waals surface area contributed by atoms with Gasteiger partial charge in [-0.15, -0.1) is 0 Å². The summed E-state index contributed by atoms with van der Waals surface area (Å²) in [6.45, 7) is 0. The molecular weight excluding hydrogens is 370 g/mol. The van der Waals surface area contributed by atoms with Crippen molar-refractivity contribution in [1.82, 2.24) is 9.71 Å². The van der Waals surface area contributed by atoms with Crippen LogP contribution in [-0.4, -0.2) is 26.4 Å². The Bertz CT molecular complexity index is 998. The number of halogens is 1. The van der Waals surface area contributed by atoms with Crippen molar-refractivity contribution in [2.45, 2.75) is 4.90 Å². The van der Waals surface area contributed by atoms with Crippen LogP contribution in [0.1, 0.15) is 10.4 Å². The number of hydrogen-bond donors (Lipinski definition) is 2. The second-order valence-corrected chi connectivity index (χ2v) is 8.11. The molecule has 0 saturated carbocycles. The molecule has 124 valence electrons. The number of nitrogens with one attached hydrogen (secondary N) is 2. The van der Waals surface area contributed by atoms with Crippen molar-refractivity contribution in [2.24, 2.45) is 0 Å². The number of benzene rings is 2. The van der Waals surface area contributed by atoms with Crippen LogP contribution in [0.4, 0.5) is 5.13 Å². The van der Waals surface area contributed by atoms with Crippen molar-refractivity contribution in [3.63, 3.8) is 0 Å². The third-order valence-electron chi connectivity index (χ3n) is 3.28. The fourth-order valence-electron chi connectivity index (χ4n) is 2.05. The molecule has 2 aromatic carbocycles. The van der Waals surface area contributed by atoms with E-state index in [-0.39, 0.29) is 15.5 Å². The van der Waals surface area contributed by atoms with E-state index in [0.717, 1.165) is 10.2 Å². The van der Waals surface area contributed by atoms with Crippen molar-refractivity contribution in [3.05, 3.63) is 53.1 Å². The third-order valence-corrected chi connectivity index (χ3v) is 5.97. The Labute approximate surface area is 147 Å². The fourth-order valence-corrected chi connectivity index (χ4v) is 3.87. The number of nitrogens with zero attached hydrogens (tertiary/aromatic N) is 1. The Morgan fingerprint density at radius 1 is 1.21 bits per heavy atom. The largest absolute Gasteiger partial charge is 0.298 e. The number of hydrogen-bond acceptors (Lipinski definition) is 5. The van der Waals surface area contributed by atoms with Crippen LogP contribution in [0.15, 0.2) is 47.4 Å². The van der Waals surface area contributed by atoms with Crippen molar-refractivity contribution >= 4 is 54.2 Å². The highest BCUT2D eigenvalue weighted by molar-refractivity contribution is 7.89. The highest BCUT2D eigenvalue weighted by atomic mass is 35.5. The molecule has 0 bridgehead atoms. The molecular formula is C15H12ClN3O3S2. The van der Waals surface area contributed by atoms with Crippen molar-refractivity contribution in [2.75, 3.05) is 12.4 Å². The van der Waals surface area contributed by atoms with Crippen LogP contribution in [0.5, 0.6) is 0 Å². The van der Waals surface area contributed by atoms with Gasteiger partial charge < -0.3 is 0 Å². The fraction of sp³-hybridized carbons (Fsp3) is 0.0667. The van der Waals surface area contributed by atoms with Gasteiger partial charge in [-0.3, -0.25) is 10.1 Å². The van der Waals surface area contributed by atoms with Crippen LogP contribution < -0.4 is 10.0 Å². The summed E-state index contributed by atoms with van der Waals surface area (Å²) < 4.78 is 26.9. The predicted octanol–water partition coefficient (Wildman–Crippen LogP) is 3.11. The number of aromatic nitrogens is 1. The maximum absolute atomic E-state index is 12.4. The molecule has 6 nitrogen and oxygen atoms in total. The molecule has 1 aromatic heterocycles. The molecule has 0 atom stereocenters. The van der Waals surface area contributed by atoms with Crippen LogP contribution in [0.2, 0.25) is 5.02 Å². The summed E-state index contributed by atoms with van der Waals surface area (Å²) >= 11 is 7.36. The quantitative estimate of drug-likeness (QED) is 0.726. The number of rotatable bonds is 4. The number of thiazole rings is 1. The van der Waals surface area contributed by atoms with Gasteiger partial charge in [-0.25, -0.2) is 18.1 Å². The summed E-state index contributed by atoms with van der Waals surface area (Å²) in [6, 6.07) is 11.4. The molecule has 0 aliphatic carbocycles. The van der Waals surface area contributed by atoms with Gasteiger partial charge in [0.25, 0.3) is 5.91 Å². The normalized spacial score (nSPS) is 11.6. The summed E-state index contributed by atoms with van der Waals surface area (Å²) in [5.74, 6) is -0.521. The van der Waals surface area contributed by atoms with Crippen molar-refractivity contribution < 1.29 is 13.2 Å². The number of amides is 1. The molecule has 3 aromatic rings. The van der Waals surface area contributed by atoms with Crippen LogP contribution in [-0.2, 0) is 10.0 Å². The first-order chi connectivity index (χ1) is 11.4. The van der Waals surface area contributed by atoms with Gasteiger partial charge in [0.2, 0.25) is 10.0 Å². The molecule has 3 rings (SSSR count). The van der Waals surface area contributed by atoms with E-state index in [1.165, 1.54) is 36.6 Å². The topological polar surface area (TPSA) is 88.2 Å². The second kappa shape index (κ2) is 6.48. The summed E-state index contributed by atoms with van der Waals surface area (Å²) in [7, 11) is -2.37. The van der Waals surface area contributed by atoms with E-state index in [4.69, 9.17) is 11.6 Å². The van der Waals surface area contributed by atoms with Gasteiger partial charge in [-0.05, 0) is 37.4 Å². The standard InChI is InChI=1S/C15H12ClN3O3S2/c1-17-24(21,22)9-6-7-11(16)10(8-9)14(20)19-15-18-12-4-2-3-5-13(12)23-15/h2-8,17H,1H3,(H,18,19,20). The maximum Gasteiger partial charge on any atom is 0.259 e. The molecule has 24 heavy (non-hydrogen) atoms. The Balaban J connectivity index is 1.93. The minimum Gasteiger partial charge on any atom is -0.298 e. The highest BCUT2D eigenvalue weighted by Gasteiger charge is 2.18. The van der Waals surface area contributed by atoms with Gasteiger partial charge in [-0.2, -0.15) is 0 Å². The number of fused-ring (bicyclic) bond motifs is 1. The molecule has 0 aliphatic heterocycles. The van der Waals surface area contributed by atoms with Gasteiger partial charge in [0.05, 0.1) is 25.7 Å². The van der Waals surface area contributed by atoms with Gasteiger partial charge in [0.1, 0.15) is 0 Å². The van der Waals surface area contributed by atoms with Gasteiger partial charge in [0, 0.05) is 0 Å². The summed E-state index contributed by atoms with van der Waals surface area (Å²) in [4.78, 5) is 16.7. The first kappa shape index (κ1) is 16.8. The van der Waals surface area contributed by atoms with E-state index in [0.29, 0.717) is 5.13 Å². The van der Waals surface area contributed by atoms with E-state index >= 15 is 0 Å². The highest BCUT2D eigenvalue weighted by Crippen LogP contribution is 2.27. The van der Waals surface area contributed by atoms with E-state index in [9.17, 15) is 13.2 Å². The molecule has 0 saturated heterocycles.